The van der Waals surface area contributed by atoms with Gasteiger partial charge in [-0.05, 0) is 42.0 Å². The first-order chi connectivity index (χ1) is 14.2. The van der Waals surface area contributed by atoms with Crippen LogP contribution in [0.4, 0.5) is 0 Å². The van der Waals surface area contributed by atoms with Crippen molar-refractivity contribution >= 4 is 16.9 Å². The van der Waals surface area contributed by atoms with Crippen LogP contribution in [-0.2, 0) is 20.7 Å². The number of benzene rings is 2. The van der Waals surface area contributed by atoms with E-state index in [2.05, 4.69) is 11.1 Å². The highest BCUT2D eigenvalue weighted by atomic mass is 16.5. The van der Waals surface area contributed by atoms with Gasteiger partial charge in [0.1, 0.15) is 11.9 Å². The zero-order valence-corrected chi connectivity index (χ0v) is 16.2. The second kappa shape index (κ2) is 8.38. The second-order valence-electron chi connectivity index (χ2n) is 7.16. The molecule has 29 heavy (non-hydrogen) atoms. The molecule has 2 heterocycles. The van der Waals surface area contributed by atoms with Crippen LogP contribution in [-0.4, -0.2) is 37.4 Å². The van der Waals surface area contributed by atoms with Gasteiger partial charge in [0.15, 0.2) is 0 Å². The Morgan fingerprint density at radius 2 is 2.10 bits per heavy atom. The maximum absolute atomic E-state index is 12.5. The minimum absolute atomic E-state index is 0.0851. The molecule has 2 aromatic carbocycles. The highest BCUT2D eigenvalue weighted by molar-refractivity contribution is 5.83. The van der Waals surface area contributed by atoms with Crippen LogP contribution in [0.1, 0.15) is 29.2 Å². The number of carbonyl (C=O) groups is 1. The number of aromatic nitrogens is 1. The van der Waals surface area contributed by atoms with Gasteiger partial charge in [0.25, 0.3) is 0 Å². The fourth-order valence-corrected chi connectivity index (χ4v) is 3.65. The molecule has 1 unspecified atom stereocenters. The van der Waals surface area contributed by atoms with Gasteiger partial charge >= 0.3 is 5.97 Å². The molecule has 1 saturated heterocycles. The maximum Gasteiger partial charge on any atom is 0.313 e. The van der Waals surface area contributed by atoms with E-state index in [1.807, 2.05) is 42.5 Å². The molecule has 3 aromatic rings. The molecule has 0 saturated carbocycles. The monoisotopic (exact) mass is 390 g/mol. The Kier molecular flexibility index (Phi) is 5.50. The molecule has 1 aliphatic heterocycles. The van der Waals surface area contributed by atoms with Crippen molar-refractivity contribution in [2.75, 3.05) is 20.3 Å². The van der Waals surface area contributed by atoms with Gasteiger partial charge < -0.3 is 19.2 Å². The van der Waals surface area contributed by atoms with E-state index in [4.69, 9.17) is 19.5 Å². The summed E-state index contributed by atoms with van der Waals surface area (Å²) in [6.07, 6.45) is 1.45. The molecular formula is C23H22N2O4. The van der Waals surface area contributed by atoms with Crippen molar-refractivity contribution in [2.45, 2.75) is 24.9 Å². The topological polar surface area (TPSA) is 84.3 Å². The number of hydrogen-bond acceptors (Lipinski definition) is 5. The first-order valence-corrected chi connectivity index (χ1v) is 9.60. The maximum atomic E-state index is 12.5. The predicted octanol–water partition coefficient (Wildman–Crippen LogP) is 3.71. The molecule has 1 aliphatic rings. The molecule has 0 spiro atoms. The summed E-state index contributed by atoms with van der Waals surface area (Å²) < 4.78 is 16.3. The van der Waals surface area contributed by atoms with E-state index in [9.17, 15) is 4.79 Å². The smallest absolute Gasteiger partial charge is 0.313 e. The lowest BCUT2D eigenvalue weighted by atomic mass is 9.94. The quantitative estimate of drug-likeness (QED) is 0.649. The third-order valence-corrected chi connectivity index (χ3v) is 5.19. The fraction of sp³-hybridized carbons (Fsp3) is 0.304. The summed E-state index contributed by atoms with van der Waals surface area (Å²) in [5.41, 5.74) is 3.32. The molecule has 0 bridgehead atoms. The Labute approximate surface area is 169 Å². The van der Waals surface area contributed by atoms with Gasteiger partial charge in [-0.1, -0.05) is 12.1 Å². The summed E-state index contributed by atoms with van der Waals surface area (Å²) in [5, 5.41) is 10.0. The van der Waals surface area contributed by atoms with Crippen molar-refractivity contribution in [3.05, 3.63) is 65.4 Å². The Hall–Kier alpha value is -3.30. The number of ether oxygens (including phenoxy) is 3. The number of rotatable bonds is 6. The average Bonchev–Trinajstić information content (AvgIpc) is 3.40. The molecule has 6 heteroatoms. The Morgan fingerprint density at radius 3 is 2.79 bits per heavy atom. The Balaban J connectivity index is 1.54. The van der Waals surface area contributed by atoms with Crippen molar-refractivity contribution < 1.29 is 19.0 Å². The second-order valence-corrected chi connectivity index (χ2v) is 7.16. The lowest BCUT2D eigenvalue weighted by Crippen LogP contribution is -2.18. The van der Waals surface area contributed by atoms with Crippen LogP contribution >= 0.6 is 0 Å². The average molecular weight is 390 g/mol. The Morgan fingerprint density at radius 1 is 1.28 bits per heavy atom. The summed E-state index contributed by atoms with van der Waals surface area (Å²) in [6.45, 7) is 1.34. The number of nitrogens with zero attached hydrogens (tertiary/aromatic N) is 1. The molecule has 0 radical (unpaired) electrons. The van der Waals surface area contributed by atoms with Gasteiger partial charge in [0.2, 0.25) is 0 Å². The summed E-state index contributed by atoms with van der Waals surface area (Å²) in [7, 11) is 1.40. The molecule has 1 fully saturated rings. The van der Waals surface area contributed by atoms with E-state index in [-0.39, 0.29) is 12.1 Å². The van der Waals surface area contributed by atoms with Crippen molar-refractivity contribution in [2.24, 2.45) is 0 Å². The molecule has 2 atom stereocenters. The SMILES string of the molecule is COC(=O)C(Cc1cc2cc(C#N)ccc2[nH]1)c1ccc(O[C@H]2CCOC2)cc1. The van der Waals surface area contributed by atoms with Gasteiger partial charge in [0, 0.05) is 29.4 Å². The van der Waals surface area contributed by atoms with Crippen LogP contribution in [0, 0.1) is 11.3 Å². The van der Waals surface area contributed by atoms with Crippen LogP contribution in [0.25, 0.3) is 10.9 Å². The number of fused-ring (bicyclic) bond motifs is 1. The number of aromatic amines is 1. The number of H-pyrrole nitrogens is 1. The molecule has 1 N–H and O–H groups in total. The lowest BCUT2D eigenvalue weighted by molar-refractivity contribution is -0.142. The molecule has 0 amide bonds. The summed E-state index contributed by atoms with van der Waals surface area (Å²) in [6, 6.07) is 17.2. The van der Waals surface area contributed by atoms with Crippen LogP contribution in [0.3, 0.4) is 0 Å². The zero-order chi connectivity index (χ0) is 20.2. The third kappa shape index (κ3) is 4.25. The number of methoxy groups -OCH3 is 1. The third-order valence-electron chi connectivity index (χ3n) is 5.19. The first-order valence-electron chi connectivity index (χ1n) is 9.60. The van der Waals surface area contributed by atoms with Crippen molar-refractivity contribution in [3.8, 4) is 11.8 Å². The summed E-state index contributed by atoms with van der Waals surface area (Å²) in [5.74, 6) is 0.0362. The van der Waals surface area contributed by atoms with Crippen molar-refractivity contribution in [1.82, 2.24) is 4.98 Å². The van der Waals surface area contributed by atoms with Crippen LogP contribution in [0.5, 0.6) is 5.75 Å². The van der Waals surface area contributed by atoms with Gasteiger partial charge in [-0.3, -0.25) is 4.79 Å². The molecule has 148 valence electrons. The number of esters is 1. The van der Waals surface area contributed by atoms with Gasteiger partial charge in [-0.25, -0.2) is 0 Å². The summed E-state index contributed by atoms with van der Waals surface area (Å²) >= 11 is 0. The standard InChI is InChI=1S/C23H22N2O4/c1-27-23(26)21(12-18-11-17-10-15(13-24)2-7-22(17)25-18)16-3-5-19(6-4-16)29-20-8-9-28-14-20/h2-7,10-11,20-21,25H,8-9,12,14H2,1H3/t20-,21?/m0/s1. The van der Waals surface area contributed by atoms with E-state index >= 15 is 0 Å². The molecule has 4 rings (SSSR count). The lowest BCUT2D eigenvalue weighted by Gasteiger charge is -2.16. The number of nitrogens with one attached hydrogen (secondary N) is 1. The number of hydrogen-bond donors (Lipinski definition) is 1. The normalized spacial score (nSPS) is 17.0. The predicted molar refractivity (Wildman–Crippen MR) is 108 cm³/mol. The van der Waals surface area contributed by atoms with Crippen LogP contribution in [0.15, 0.2) is 48.5 Å². The molecule has 0 aliphatic carbocycles. The zero-order valence-electron chi connectivity index (χ0n) is 16.2. The largest absolute Gasteiger partial charge is 0.488 e. The highest BCUT2D eigenvalue weighted by Gasteiger charge is 2.23. The summed E-state index contributed by atoms with van der Waals surface area (Å²) in [4.78, 5) is 15.8. The van der Waals surface area contributed by atoms with E-state index in [1.54, 1.807) is 6.07 Å². The number of nitriles is 1. The van der Waals surface area contributed by atoms with Gasteiger partial charge in [0.05, 0.1) is 37.9 Å². The molecule has 1 aromatic heterocycles. The van der Waals surface area contributed by atoms with Crippen molar-refractivity contribution in [1.29, 1.82) is 5.26 Å². The van der Waals surface area contributed by atoms with E-state index in [0.29, 0.717) is 18.6 Å². The molecular weight excluding hydrogens is 368 g/mol. The van der Waals surface area contributed by atoms with Gasteiger partial charge in [-0.15, -0.1) is 0 Å². The van der Waals surface area contributed by atoms with Crippen molar-refractivity contribution in [3.63, 3.8) is 0 Å². The van der Waals surface area contributed by atoms with E-state index in [0.717, 1.165) is 40.9 Å². The van der Waals surface area contributed by atoms with Gasteiger partial charge in [-0.2, -0.15) is 5.26 Å². The Bertz CT molecular complexity index is 1040. The minimum Gasteiger partial charge on any atom is -0.488 e. The van der Waals surface area contributed by atoms with E-state index < -0.39 is 5.92 Å². The fourth-order valence-electron chi connectivity index (χ4n) is 3.65. The molecule has 6 nitrogen and oxygen atoms in total. The van der Waals surface area contributed by atoms with E-state index in [1.165, 1.54) is 7.11 Å². The number of carbonyl (C=O) groups excluding carboxylic acids is 1. The first kappa shape index (κ1) is 19.0. The van der Waals surface area contributed by atoms with Crippen LogP contribution in [0.2, 0.25) is 0 Å². The minimum atomic E-state index is -0.438. The van der Waals surface area contributed by atoms with Crippen LogP contribution < -0.4 is 4.74 Å². The highest BCUT2D eigenvalue weighted by Crippen LogP contribution is 2.27.